The summed E-state index contributed by atoms with van der Waals surface area (Å²) in [5.74, 6) is 0.820. The fourth-order valence-electron chi connectivity index (χ4n) is 1.92. The first-order valence-corrected chi connectivity index (χ1v) is 7.00. The first-order chi connectivity index (χ1) is 8.31. The molecule has 4 nitrogen and oxygen atoms in total. The van der Waals surface area contributed by atoms with Gasteiger partial charge in [-0.1, -0.05) is 11.9 Å². The number of methoxy groups -OCH3 is 1. The molecule has 0 unspecified atom stereocenters. The standard InChI is InChI=1S/C12H19N3OS/c1-16-12-4-3-11(13-9-12)10-14-5-7-15(17-2)8-6-14/h3-4,9H,5-8,10H2,1-2H3. The van der Waals surface area contributed by atoms with Gasteiger partial charge in [-0.25, -0.2) is 4.31 Å². The summed E-state index contributed by atoms with van der Waals surface area (Å²) < 4.78 is 7.50. The third-order valence-electron chi connectivity index (χ3n) is 3.01. The van der Waals surface area contributed by atoms with Crippen LogP contribution in [0.5, 0.6) is 5.75 Å². The maximum absolute atomic E-state index is 5.10. The van der Waals surface area contributed by atoms with Crippen molar-refractivity contribution in [2.45, 2.75) is 6.54 Å². The van der Waals surface area contributed by atoms with E-state index in [9.17, 15) is 0 Å². The second-order valence-corrected chi connectivity index (χ2v) is 4.96. The highest BCUT2D eigenvalue weighted by atomic mass is 32.2. The van der Waals surface area contributed by atoms with Gasteiger partial charge in [0.25, 0.3) is 0 Å². The summed E-state index contributed by atoms with van der Waals surface area (Å²) in [4.78, 5) is 6.84. The van der Waals surface area contributed by atoms with Crippen molar-refractivity contribution >= 4 is 11.9 Å². The fourth-order valence-corrected chi connectivity index (χ4v) is 2.45. The molecule has 0 spiro atoms. The van der Waals surface area contributed by atoms with E-state index in [0.29, 0.717) is 0 Å². The van der Waals surface area contributed by atoms with Gasteiger partial charge in [0, 0.05) is 32.7 Å². The molecule has 1 aromatic heterocycles. The summed E-state index contributed by atoms with van der Waals surface area (Å²) in [6.07, 6.45) is 3.92. The molecule has 17 heavy (non-hydrogen) atoms. The number of nitrogens with zero attached hydrogens (tertiary/aromatic N) is 3. The van der Waals surface area contributed by atoms with Gasteiger partial charge >= 0.3 is 0 Å². The van der Waals surface area contributed by atoms with E-state index >= 15 is 0 Å². The Morgan fingerprint density at radius 2 is 2.06 bits per heavy atom. The van der Waals surface area contributed by atoms with Crippen molar-refractivity contribution < 1.29 is 4.74 Å². The molecular weight excluding hydrogens is 234 g/mol. The van der Waals surface area contributed by atoms with Crippen LogP contribution in [0.4, 0.5) is 0 Å². The molecule has 0 N–H and O–H groups in total. The molecular formula is C12H19N3OS. The van der Waals surface area contributed by atoms with Crippen LogP contribution < -0.4 is 4.74 Å². The monoisotopic (exact) mass is 253 g/mol. The second-order valence-electron chi connectivity index (χ2n) is 4.08. The van der Waals surface area contributed by atoms with Crippen molar-refractivity contribution in [2.75, 3.05) is 39.5 Å². The molecule has 0 aromatic carbocycles. The molecule has 0 aliphatic carbocycles. The molecule has 2 rings (SSSR count). The normalized spacial score (nSPS) is 18.2. The lowest BCUT2D eigenvalue weighted by Gasteiger charge is -2.32. The van der Waals surface area contributed by atoms with Crippen LogP contribution in [0.1, 0.15) is 5.69 Å². The SMILES string of the molecule is COc1ccc(CN2CCN(SC)CC2)nc1. The molecule has 1 fully saturated rings. The van der Waals surface area contributed by atoms with E-state index in [1.807, 2.05) is 24.1 Å². The lowest BCUT2D eigenvalue weighted by Crippen LogP contribution is -2.42. The van der Waals surface area contributed by atoms with E-state index < -0.39 is 0 Å². The van der Waals surface area contributed by atoms with Gasteiger partial charge in [-0.2, -0.15) is 0 Å². The summed E-state index contributed by atoms with van der Waals surface area (Å²) >= 11 is 1.83. The minimum absolute atomic E-state index is 0.820. The number of pyridine rings is 1. The molecule has 1 aliphatic heterocycles. The molecule has 0 radical (unpaired) electrons. The first-order valence-electron chi connectivity index (χ1n) is 5.82. The summed E-state index contributed by atoms with van der Waals surface area (Å²) in [5.41, 5.74) is 1.11. The number of piperazine rings is 1. The Morgan fingerprint density at radius 3 is 2.59 bits per heavy atom. The molecule has 0 atom stereocenters. The molecule has 5 heteroatoms. The number of hydrogen-bond donors (Lipinski definition) is 0. The predicted molar refractivity (Wildman–Crippen MR) is 71.2 cm³/mol. The Bertz CT molecular complexity index is 336. The molecule has 0 saturated carbocycles. The quantitative estimate of drug-likeness (QED) is 0.758. The van der Waals surface area contributed by atoms with Crippen molar-refractivity contribution in [1.82, 2.24) is 14.2 Å². The van der Waals surface area contributed by atoms with Crippen LogP contribution in [0.2, 0.25) is 0 Å². The average Bonchev–Trinajstić information content (AvgIpc) is 2.40. The van der Waals surface area contributed by atoms with Crippen molar-refractivity contribution in [2.24, 2.45) is 0 Å². The van der Waals surface area contributed by atoms with Crippen molar-refractivity contribution in [3.63, 3.8) is 0 Å². The Morgan fingerprint density at radius 1 is 1.29 bits per heavy atom. The summed E-state index contributed by atoms with van der Waals surface area (Å²) in [6.45, 7) is 5.45. The van der Waals surface area contributed by atoms with E-state index in [1.165, 1.54) is 0 Å². The molecule has 1 aliphatic rings. The predicted octanol–water partition coefficient (Wildman–Crippen LogP) is 1.49. The minimum Gasteiger partial charge on any atom is -0.495 e. The van der Waals surface area contributed by atoms with Gasteiger partial charge in [-0.15, -0.1) is 0 Å². The largest absolute Gasteiger partial charge is 0.495 e. The minimum atomic E-state index is 0.820. The van der Waals surface area contributed by atoms with Crippen molar-refractivity contribution in [3.05, 3.63) is 24.0 Å². The second kappa shape index (κ2) is 6.23. The van der Waals surface area contributed by atoms with E-state index in [2.05, 4.69) is 20.4 Å². The zero-order valence-electron chi connectivity index (χ0n) is 10.4. The summed E-state index contributed by atoms with van der Waals surface area (Å²) in [7, 11) is 1.67. The van der Waals surface area contributed by atoms with Gasteiger partial charge < -0.3 is 4.74 Å². The zero-order valence-corrected chi connectivity index (χ0v) is 11.2. The zero-order chi connectivity index (χ0) is 12.1. The van der Waals surface area contributed by atoms with E-state index in [4.69, 9.17) is 4.74 Å². The maximum Gasteiger partial charge on any atom is 0.137 e. The van der Waals surface area contributed by atoms with Crippen molar-refractivity contribution in [3.8, 4) is 5.75 Å². The topological polar surface area (TPSA) is 28.6 Å². The molecule has 0 amide bonds. The number of rotatable bonds is 4. The van der Waals surface area contributed by atoms with Crippen LogP contribution in [-0.2, 0) is 6.54 Å². The molecule has 94 valence electrons. The molecule has 1 saturated heterocycles. The maximum atomic E-state index is 5.10. The third-order valence-corrected chi connectivity index (χ3v) is 3.89. The average molecular weight is 253 g/mol. The van der Waals surface area contributed by atoms with Crippen LogP contribution in [0.15, 0.2) is 18.3 Å². The van der Waals surface area contributed by atoms with E-state index in [0.717, 1.165) is 44.2 Å². The Kier molecular flexibility index (Phi) is 4.65. The number of ether oxygens (including phenoxy) is 1. The van der Waals surface area contributed by atoms with E-state index in [-0.39, 0.29) is 0 Å². The smallest absolute Gasteiger partial charge is 0.137 e. The summed E-state index contributed by atoms with van der Waals surface area (Å²) in [5, 5.41) is 0. The Labute approximate surface area is 107 Å². The Balaban J connectivity index is 1.84. The molecule has 2 heterocycles. The number of aromatic nitrogens is 1. The van der Waals surface area contributed by atoms with Crippen LogP contribution in [-0.4, -0.2) is 53.7 Å². The van der Waals surface area contributed by atoms with Gasteiger partial charge in [-0.05, 0) is 18.4 Å². The molecule has 1 aromatic rings. The lowest BCUT2D eigenvalue weighted by atomic mass is 10.3. The van der Waals surface area contributed by atoms with Crippen molar-refractivity contribution in [1.29, 1.82) is 0 Å². The van der Waals surface area contributed by atoms with Gasteiger partial charge in [-0.3, -0.25) is 9.88 Å². The molecule has 0 bridgehead atoms. The van der Waals surface area contributed by atoms with Gasteiger partial charge in [0.2, 0.25) is 0 Å². The Hall–Kier alpha value is -0.780. The van der Waals surface area contributed by atoms with Crippen LogP contribution >= 0.6 is 11.9 Å². The van der Waals surface area contributed by atoms with Gasteiger partial charge in [0.1, 0.15) is 5.75 Å². The van der Waals surface area contributed by atoms with Crippen LogP contribution in [0.25, 0.3) is 0 Å². The highest BCUT2D eigenvalue weighted by Gasteiger charge is 2.16. The van der Waals surface area contributed by atoms with Gasteiger partial charge in [0.15, 0.2) is 0 Å². The third kappa shape index (κ3) is 3.59. The fraction of sp³-hybridized carbons (Fsp3) is 0.583. The first kappa shape index (κ1) is 12.7. The number of hydrogen-bond acceptors (Lipinski definition) is 5. The highest BCUT2D eigenvalue weighted by molar-refractivity contribution is 7.96. The van der Waals surface area contributed by atoms with E-state index in [1.54, 1.807) is 13.3 Å². The highest BCUT2D eigenvalue weighted by Crippen LogP contribution is 2.13. The van der Waals surface area contributed by atoms with Crippen LogP contribution in [0, 0.1) is 0 Å². The lowest BCUT2D eigenvalue weighted by molar-refractivity contribution is 0.187. The summed E-state index contributed by atoms with van der Waals surface area (Å²) in [6, 6.07) is 4.01. The van der Waals surface area contributed by atoms with Crippen LogP contribution in [0.3, 0.4) is 0 Å². The van der Waals surface area contributed by atoms with Gasteiger partial charge in [0.05, 0.1) is 19.0 Å².